The SMILES string of the molecule is Cc1ccc(OCC(=O)c2ccc3c(c2)N(Cc2ccc(C(=O)NCC(C)C)o2)C(=O)CO3)cc1C. The molecule has 1 N–H and O–H groups in total. The first-order chi connectivity index (χ1) is 17.2. The molecule has 0 spiro atoms. The van der Waals surface area contributed by atoms with Crippen molar-refractivity contribution < 1.29 is 28.3 Å². The molecule has 3 aromatic rings. The highest BCUT2D eigenvalue weighted by atomic mass is 16.5. The Kier molecular flexibility index (Phi) is 7.43. The van der Waals surface area contributed by atoms with E-state index in [0.717, 1.165) is 11.1 Å². The van der Waals surface area contributed by atoms with Crippen LogP contribution in [0.2, 0.25) is 0 Å². The third-order valence-corrected chi connectivity index (χ3v) is 5.94. The van der Waals surface area contributed by atoms with Gasteiger partial charge in [-0.1, -0.05) is 19.9 Å². The summed E-state index contributed by atoms with van der Waals surface area (Å²) in [5, 5.41) is 2.81. The van der Waals surface area contributed by atoms with E-state index in [1.807, 2.05) is 45.9 Å². The molecule has 0 saturated heterocycles. The fourth-order valence-corrected chi connectivity index (χ4v) is 3.71. The molecule has 0 unspecified atom stereocenters. The summed E-state index contributed by atoms with van der Waals surface area (Å²) in [5.74, 6) is 1.24. The van der Waals surface area contributed by atoms with E-state index in [2.05, 4.69) is 5.32 Å². The van der Waals surface area contributed by atoms with Crippen LogP contribution in [-0.4, -0.2) is 37.4 Å². The molecule has 2 heterocycles. The smallest absolute Gasteiger partial charge is 0.287 e. The summed E-state index contributed by atoms with van der Waals surface area (Å²) in [6.45, 7) is 8.38. The monoisotopic (exact) mass is 490 g/mol. The van der Waals surface area contributed by atoms with Gasteiger partial charge in [0.15, 0.2) is 24.8 Å². The molecule has 0 saturated carbocycles. The maximum Gasteiger partial charge on any atom is 0.287 e. The lowest BCUT2D eigenvalue weighted by Gasteiger charge is -2.29. The Hall–Kier alpha value is -4.07. The molecule has 8 nitrogen and oxygen atoms in total. The summed E-state index contributed by atoms with van der Waals surface area (Å²) in [6.07, 6.45) is 0. The van der Waals surface area contributed by atoms with Gasteiger partial charge in [0.2, 0.25) is 0 Å². The van der Waals surface area contributed by atoms with Crippen LogP contribution in [0.3, 0.4) is 0 Å². The van der Waals surface area contributed by atoms with Gasteiger partial charge in [-0.15, -0.1) is 0 Å². The van der Waals surface area contributed by atoms with Crippen LogP contribution in [0, 0.1) is 19.8 Å². The number of hydrogen-bond donors (Lipinski definition) is 1. The molecule has 0 bridgehead atoms. The highest BCUT2D eigenvalue weighted by Crippen LogP contribution is 2.34. The average molecular weight is 491 g/mol. The summed E-state index contributed by atoms with van der Waals surface area (Å²) in [4.78, 5) is 39.3. The molecule has 0 aliphatic carbocycles. The van der Waals surface area contributed by atoms with Crippen molar-refractivity contribution in [3.05, 3.63) is 76.7 Å². The lowest BCUT2D eigenvalue weighted by atomic mass is 10.1. The van der Waals surface area contributed by atoms with Gasteiger partial charge < -0.3 is 19.2 Å². The van der Waals surface area contributed by atoms with Gasteiger partial charge in [-0.25, -0.2) is 0 Å². The van der Waals surface area contributed by atoms with E-state index in [1.165, 1.54) is 4.90 Å². The molecule has 1 aliphatic heterocycles. The Bertz CT molecular complexity index is 1290. The number of fused-ring (bicyclic) bond motifs is 1. The number of aryl methyl sites for hydroxylation is 2. The van der Waals surface area contributed by atoms with E-state index in [4.69, 9.17) is 13.9 Å². The molecule has 188 valence electrons. The van der Waals surface area contributed by atoms with Crippen LogP contribution in [0.25, 0.3) is 0 Å². The summed E-state index contributed by atoms with van der Waals surface area (Å²) in [7, 11) is 0. The van der Waals surface area contributed by atoms with Crippen molar-refractivity contribution in [3.63, 3.8) is 0 Å². The van der Waals surface area contributed by atoms with Crippen molar-refractivity contribution in [2.45, 2.75) is 34.2 Å². The van der Waals surface area contributed by atoms with E-state index in [-0.39, 0.29) is 43.1 Å². The van der Waals surface area contributed by atoms with Gasteiger partial charge in [-0.3, -0.25) is 19.3 Å². The topological polar surface area (TPSA) is 98.1 Å². The third-order valence-electron chi connectivity index (χ3n) is 5.94. The molecule has 2 aromatic carbocycles. The van der Waals surface area contributed by atoms with Crippen LogP contribution in [0.15, 0.2) is 52.9 Å². The van der Waals surface area contributed by atoms with Crippen molar-refractivity contribution in [1.82, 2.24) is 5.32 Å². The van der Waals surface area contributed by atoms with Gasteiger partial charge in [0, 0.05) is 12.1 Å². The van der Waals surface area contributed by atoms with Crippen LogP contribution in [0.4, 0.5) is 5.69 Å². The molecule has 1 aromatic heterocycles. The number of hydrogen-bond acceptors (Lipinski definition) is 6. The number of Topliss-reactive ketones (excluding diaryl/α,β-unsaturated/α-hetero) is 1. The number of anilines is 1. The van der Waals surface area contributed by atoms with E-state index in [0.29, 0.717) is 41.0 Å². The van der Waals surface area contributed by atoms with Gasteiger partial charge in [0.25, 0.3) is 11.8 Å². The lowest BCUT2D eigenvalue weighted by molar-refractivity contribution is -0.121. The van der Waals surface area contributed by atoms with Gasteiger partial charge in [0.05, 0.1) is 12.2 Å². The average Bonchev–Trinajstić information content (AvgIpc) is 3.33. The zero-order chi connectivity index (χ0) is 25.8. The second-order valence-electron chi connectivity index (χ2n) is 9.28. The Morgan fingerprint density at radius 3 is 2.61 bits per heavy atom. The molecule has 0 fully saturated rings. The summed E-state index contributed by atoms with van der Waals surface area (Å²) in [6, 6.07) is 13.9. The lowest BCUT2D eigenvalue weighted by Crippen LogP contribution is -2.38. The van der Waals surface area contributed by atoms with Crippen LogP contribution in [-0.2, 0) is 11.3 Å². The van der Waals surface area contributed by atoms with Crippen molar-refractivity contribution in [2.75, 3.05) is 24.7 Å². The minimum absolute atomic E-state index is 0.101. The van der Waals surface area contributed by atoms with Crippen molar-refractivity contribution >= 4 is 23.3 Å². The van der Waals surface area contributed by atoms with Crippen LogP contribution >= 0.6 is 0 Å². The van der Waals surface area contributed by atoms with Gasteiger partial charge in [-0.2, -0.15) is 0 Å². The number of carbonyl (C=O) groups is 3. The highest BCUT2D eigenvalue weighted by Gasteiger charge is 2.28. The number of amides is 2. The molecule has 8 heteroatoms. The van der Waals surface area contributed by atoms with E-state index < -0.39 is 0 Å². The van der Waals surface area contributed by atoms with Crippen molar-refractivity contribution in [2.24, 2.45) is 5.92 Å². The summed E-state index contributed by atoms with van der Waals surface area (Å²) >= 11 is 0. The Morgan fingerprint density at radius 1 is 1.06 bits per heavy atom. The molecule has 0 radical (unpaired) electrons. The molecule has 4 rings (SSSR count). The normalized spacial score (nSPS) is 12.8. The number of furan rings is 1. The predicted molar refractivity (Wildman–Crippen MR) is 135 cm³/mol. The molecule has 1 aliphatic rings. The molecule has 0 atom stereocenters. The Balaban J connectivity index is 1.48. The number of benzene rings is 2. The van der Waals surface area contributed by atoms with E-state index in [9.17, 15) is 14.4 Å². The number of ketones is 1. The van der Waals surface area contributed by atoms with E-state index >= 15 is 0 Å². The largest absolute Gasteiger partial charge is 0.485 e. The van der Waals surface area contributed by atoms with Crippen LogP contribution < -0.4 is 19.7 Å². The maximum atomic E-state index is 12.9. The minimum atomic E-state index is -0.305. The van der Waals surface area contributed by atoms with Crippen LogP contribution in [0.5, 0.6) is 11.5 Å². The highest BCUT2D eigenvalue weighted by molar-refractivity contribution is 6.02. The van der Waals surface area contributed by atoms with E-state index in [1.54, 1.807) is 30.3 Å². The zero-order valence-electron chi connectivity index (χ0n) is 20.9. The molecular formula is C28H30N2O6. The van der Waals surface area contributed by atoms with Crippen molar-refractivity contribution in [3.8, 4) is 11.5 Å². The van der Waals surface area contributed by atoms with Gasteiger partial charge >= 0.3 is 0 Å². The predicted octanol–water partition coefficient (Wildman–Crippen LogP) is 4.47. The first-order valence-corrected chi connectivity index (χ1v) is 11.9. The number of nitrogens with zero attached hydrogens (tertiary/aromatic N) is 1. The fraction of sp³-hybridized carbons (Fsp3) is 0.321. The van der Waals surface area contributed by atoms with Crippen molar-refractivity contribution in [1.29, 1.82) is 0 Å². The second kappa shape index (κ2) is 10.7. The summed E-state index contributed by atoms with van der Waals surface area (Å²) < 4.78 is 16.9. The zero-order valence-corrected chi connectivity index (χ0v) is 20.9. The number of nitrogens with one attached hydrogen (secondary N) is 1. The fourth-order valence-electron chi connectivity index (χ4n) is 3.71. The first kappa shape index (κ1) is 25.0. The standard InChI is InChI=1S/C28H30N2O6/c1-17(2)13-29-28(33)26-10-8-22(36-26)14-30-23-12-20(6-9-25(23)35-16-27(30)32)24(31)15-34-21-7-5-18(3)19(4)11-21/h5-12,17H,13-16H2,1-4H3,(H,29,33). The third kappa shape index (κ3) is 5.76. The molecule has 2 amide bonds. The Labute approximate surface area is 210 Å². The first-order valence-electron chi connectivity index (χ1n) is 11.9. The molecule has 36 heavy (non-hydrogen) atoms. The van der Waals surface area contributed by atoms with Gasteiger partial charge in [-0.05, 0) is 73.4 Å². The van der Waals surface area contributed by atoms with Crippen LogP contribution in [0.1, 0.15) is 51.6 Å². The quantitative estimate of drug-likeness (QED) is 0.445. The minimum Gasteiger partial charge on any atom is -0.485 e. The number of ether oxygens (including phenoxy) is 2. The number of carbonyl (C=O) groups excluding carboxylic acids is 3. The molecular weight excluding hydrogens is 460 g/mol. The summed E-state index contributed by atoms with van der Waals surface area (Å²) in [5.41, 5.74) is 3.09. The Morgan fingerprint density at radius 2 is 1.86 bits per heavy atom. The number of rotatable bonds is 9. The van der Waals surface area contributed by atoms with Gasteiger partial charge in [0.1, 0.15) is 17.3 Å². The second-order valence-corrected chi connectivity index (χ2v) is 9.28. The maximum absolute atomic E-state index is 12.9.